The number of ether oxygens (including phenoxy) is 1. The highest BCUT2D eigenvalue weighted by Crippen LogP contribution is 2.18. The minimum absolute atomic E-state index is 0.494. The average molecular weight is 344 g/mol. The summed E-state index contributed by atoms with van der Waals surface area (Å²) in [6.07, 6.45) is 1.74. The van der Waals surface area contributed by atoms with Crippen LogP contribution in [0.25, 0.3) is 0 Å². The summed E-state index contributed by atoms with van der Waals surface area (Å²) in [6, 6.07) is 7.96. The van der Waals surface area contributed by atoms with Gasteiger partial charge in [0.25, 0.3) is 0 Å². The first-order valence-electron chi connectivity index (χ1n) is 7.83. The molecule has 0 aliphatic heterocycles. The summed E-state index contributed by atoms with van der Waals surface area (Å²) < 4.78 is 5.68. The number of guanidine groups is 1. The number of rotatable bonds is 7. The van der Waals surface area contributed by atoms with Crippen molar-refractivity contribution in [3.63, 3.8) is 0 Å². The van der Waals surface area contributed by atoms with E-state index in [0.29, 0.717) is 19.7 Å². The number of thiazole rings is 1. The Morgan fingerprint density at radius 2 is 2.04 bits per heavy atom. The highest BCUT2D eigenvalue weighted by molar-refractivity contribution is 7.11. The van der Waals surface area contributed by atoms with Gasteiger partial charge >= 0.3 is 0 Å². The van der Waals surface area contributed by atoms with Crippen LogP contribution in [0.1, 0.15) is 21.1 Å². The van der Waals surface area contributed by atoms with E-state index in [1.54, 1.807) is 24.5 Å². The minimum atomic E-state index is 0.494. The lowest BCUT2D eigenvalue weighted by atomic mass is 10.2. The van der Waals surface area contributed by atoms with Crippen molar-refractivity contribution in [3.8, 4) is 5.75 Å². The zero-order valence-electron chi connectivity index (χ0n) is 14.4. The van der Waals surface area contributed by atoms with E-state index in [4.69, 9.17) is 4.74 Å². The van der Waals surface area contributed by atoms with Gasteiger partial charge in [-0.15, -0.1) is 11.3 Å². The molecule has 0 unspecified atom stereocenters. The zero-order chi connectivity index (χ0) is 17.4. The molecule has 24 heavy (non-hydrogen) atoms. The third-order valence-electron chi connectivity index (χ3n) is 3.42. The highest BCUT2D eigenvalue weighted by Gasteiger charge is 2.07. The summed E-state index contributed by atoms with van der Waals surface area (Å²) in [4.78, 5) is 9.94. The number of para-hydroxylation sites is 1. The largest absolute Gasteiger partial charge is 0.489 e. The Bertz CT molecular complexity index is 709. The van der Waals surface area contributed by atoms with Crippen molar-refractivity contribution in [1.82, 2.24) is 15.6 Å². The maximum atomic E-state index is 5.68. The third kappa shape index (κ3) is 5.09. The molecule has 1 aromatic carbocycles. The van der Waals surface area contributed by atoms with Gasteiger partial charge in [0.2, 0.25) is 0 Å². The molecule has 5 nitrogen and oxygen atoms in total. The van der Waals surface area contributed by atoms with E-state index in [1.807, 2.05) is 38.1 Å². The molecule has 1 heterocycles. The van der Waals surface area contributed by atoms with Crippen LogP contribution >= 0.6 is 11.3 Å². The number of nitrogens with zero attached hydrogens (tertiary/aromatic N) is 2. The first-order valence-corrected chi connectivity index (χ1v) is 8.64. The van der Waals surface area contributed by atoms with Crippen molar-refractivity contribution < 1.29 is 4.74 Å². The molecule has 0 bridgehead atoms. The molecule has 0 aliphatic carbocycles. The molecule has 128 valence electrons. The van der Waals surface area contributed by atoms with Crippen molar-refractivity contribution in [2.45, 2.75) is 26.9 Å². The number of aryl methyl sites for hydroxylation is 2. The Morgan fingerprint density at radius 1 is 1.29 bits per heavy atom. The maximum absolute atomic E-state index is 5.68. The van der Waals surface area contributed by atoms with Crippen LogP contribution in [0, 0.1) is 13.8 Å². The lowest BCUT2D eigenvalue weighted by molar-refractivity contribution is 0.358. The first kappa shape index (κ1) is 18.0. The van der Waals surface area contributed by atoms with E-state index in [-0.39, 0.29) is 0 Å². The van der Waals surface area contributed by atoms with Gasteiger partial charge < -0.3 is 15.4 Å². The van der Waals surface area contributed by atoms with Gasteiger partial charge in [0, 0.05) is 24.0 Å². The molecule has 1 aromatic heterocycles. The predicted molar refractivity (Wildman–Crippen MR) is 101 cm³/mol. The Kier molecular flexibility index (Phi) is 6.81. The fourth-order valence-corrected chi connectivity index (χ4v) is 3.12. The minimum Gasteiger partial charge on any atom is -0.489 e. The quantitative estimate of drug-likeness (QED) is 0.460. The normalized spacial score (nSPS) is 11.2. The van der Waals surface area contributed by atoms with Gasteiger partial charge in [-0.05, 0) is 19.9 Å². The van der Waals surface area contributed by atoms with E-state index in [1.165, 1.54) is 4.88 Å². The Labute approximate surface area is 147 Å². The van der Waals surface area contributed by atoms with Gasteiger partial charge in [-0.1, -0.05) is 30.9 Å². The molecule has 2 N–H and O–H groups in total. The molecule has 0 spiro atoms. The maximum Gasteiger partial charge on any atom is 0.191 e. The SMILES string of the molecule is C=CCOc1ccccc1CNC(=NC)NCc1sc(C)nc1C. The number of aromatic nitrogens is 1. The number of hydrogen-bond donors (Lipinski definition) is 2. The molecule has 0 radical (unpaired) electrons. The predicted octanol–water partition coefficient (Wildman–Crippen LogP) is 3.19. The van der Waals surface area contributed by atoms with Crippen LogP contribution in [0.5, 0.6) is 5.75 Å². The molecule has 0 fully saturated rings. The van der Waals surface area contributed by atoms with E-state index in [2.05, 4.69) is 27.2 Å². The zero-order valence-corrected chi connectivity index (χ0v) is 15.2. The third-order valence-corrected chi connectivity index (χ3v) is 4.49. The Morgan fingerprint density at radius 3 is 2.71 bits per heavy atom. The molecule has 2 aromatic rings. The number of benzene rings is 1. The molecule has 0 saturated heterocycles. The molecule has 0 amide bonds. The number of aliphatic imine (C=N–C) groups is 1. The molecule has 6 heteroatoms. The summed E-state index contributed by atoms with van der Waals surface area (Å²) in [5.41, 5.74) is 2.15. The second-order valence-electron chi connectivity index (χ2n) is 5.23. The van der Waals surface area contributed by atoms with Crippen molar-refractivity contribution >= 4 is 17.3 Å². The summed E-state index contributed by atoms with van der Waals surface area (Å²) in [7, 11) is 1.76. The van der Waals surface area contributed by atoms with Crippen LogP contribution in [0.3, 0.4) is 0 Å². The van der Waals surface area contributed by atoms with Crippen LogP contribution < -0.4 is 15.4 Å². The van der Waals surface area contributed by atoms with Gasteiger partial charge in [0.05, 0.1) is 17.2 Å². The second-order valence-corrected chi connectivity index (χ2v) is 6.52. The standard InChI is InChI=1S/C18H24N4OS/c1-5-10-23-16-9-7-6-8-15(16)11-20-18(19-4)21-12-17-13(2)22-14(3)24-17/h5-9H,1,10-12H2,2-4H3,(H2,19,20,21). The van der Waals surface area contributed by atoms with E-state index in [0.717, 1.165) is 28.0 Å². The topological polar surface area (TPSA) is 58.5 Å². The van der Waals surface area contributed by atoms with Crippen LogP contribution in [-0.2, 0) is 13.1 Å². The number of hydrogen-bond acceptors (Lipinski definition) is 4. The van der Waals surface area contributed by atoms with Crippen molar-refractivity contribution in [1.29, 1.82) is 0 Å². The Balaban J connectivity index is 1.92. The van der Waals surface area contributed by atoms with Gasteiger partial charge in [-0.25, -0.2) is 4.98 Å². The highest BCUT2D eigenvalue weighted by atomic mass is 32.1. The molecule has 0 atom stereocenters. The Hall–Kier alpha value is -2.34. The van der Waals surface area contributed by atoms with Crippen LogP contribution in [0.2, 0.25) is 0 Å². The first-order chi connectivity index (χ1) is 11.6. The lowest BCUT2D eigenvalue weighted by Gasteiger charge is -2.14. The lowest BCUT2D eigenvalue weighted by Crippen LogP contribution is -2.36. The molecular formula is C18H24N4OS. The van der Waals surface area contributed by atoms with Crippen molar-refractivity contribution in [2.75, 3.05) is 13.7 Å². The van der Waals surface area contributed by atoms with Gasteiger partial charge in [0.15, 0.2) is 5.96 Å². The van der Waals surface area contributed by atoms with Crippen molar-refractivity contribution in [3.05, 3.63) is 58.1 Å². The number of nitrogens with one attached hydrogen (secondary N) is 2. The molecule has 2 rings (SSSR count). The second kappa shape index (κ2) is 9.08. The van der Waals surface area contributed by atoms with E-state index >= 15 is 0 Å². The van der Waals surface area contributed by atoms with Gasteiger partial charge in [-0.2, -0.15) is 0 Å². The van der Waals surface area contributed by atoms with Crippen LogP contribution in [-0.4, -0.2) is 24.6 Å². The fraction of sp³-hybridized carbons (Fsp3) is 0.333. The van der Waals surface area contributed by atoms with E-state index < -0.39 is 0 Å². The van der Waals surface area contributed by atoms with Crippen molar-refractivity contribution in [2.24, 2.45) is 4.99 Å². The summed E-state index contributed by atoms with van der Waals surface area (Å²) in [6.45, 7) is 9.58. The summed E-state index contributed by atoms with van der Waals surface area (Å²) in [5, 5.41) is 7.73. The van der Waals surface area contributed by atoms with Crippen LogP contribution in [0.15, 0.2) is 41.9 Å². The molecule has 0 aliphatic rings. The monoisotopic (exact) mass is 344 g/mol. The smallest absolute Gasteiger partial charge is 0.191 e. The van der Waals surface area contributed by atoms with E-state index in [9.17, 15) is 0 Å². The van der Waals surface area contributed by atoms with Gasteiger partial charge in [0.1, 0.15) is 12.4 Å². The molecular weight excluding hydrogens is 320 g/mol. The van der Waals surface area contributed by atoms with Gasteiger partial charge in [-0.3, -0.25) is 4.99 Å². The fourth-order valence-electron chi connectivity index (χ4n) is 2.24. The summed E-state index contributed by atoms with van der Waals surface area (Å²) >= 11 is 1.71. The summed E-state index contributed by atoms with van der Waals surface area (Å²) in [5.74, 6) is 1.60. The molecule has 0 saturated carbocycles. The van der Waals surface area contributed by atoms with Crippen LogP contribution in [0.4, 0.5) is 0 Å². The average Bonchev–Trinajstić information content (AvgIpc) is 2.91.